The van der Waals surface area contributed by atoms with E-state index in [1.54, 1.807) is 7.11 Å². The predicted molar refractivity (Wildman–Crippen MR) is 69.7 cm³/mol. The van der Waals surface area contributed by atoms with E-state index in [-0.39, 0.29) is 0 Å². The molecule has 0 fully saturated rings. The fraction of sp³-hybridized carbons (Fsp3) is 0.571. The normalized spacial score (nSPS) is 14.5. The highest BCUT2D eigenvalue weighted by Gasteiger charge is 2.11. The van der Waals surface area contributed by atoms with Gasteiger partial charge in [-0.25, -0.2) is 0 Å². The van der Waals surface area contributed by atoms with Crippen LogP contribution in [0.3, 0.4) is 0 Å². The van der Waals surface area contributed by atoms with Gasteiger partial charge < -0.3 is 10.1 Å². The van der Waals surface area contributed by atoms with Gasteiger partial charge in [0.1, 0.15) is 0 Å². The molecule has 0 bridgehead atoms. The summed E-state index contributed by atoms with van der Waals surface area (Å²) in [7, 11) is 1.73. The Bertz CT molecular complexity index is 311. The Labute approximate surface area is 99.0 Å². The van der Waals surface area contributed by atoms with Crippen LogP contribution in [0.1, 0.15) is 32.8 Å². The average Bonchev–Trinajstić information content (AvgIpc) is 2.31. The van der Waals surface area contributed by atoms with Crippen molar-refractivity contribution in [3.63, 3.8) is 0 Å². The molecule has 16 heavy (non-hydrogen) atoms. The molecule has 0 spiro atoms. The van der Waals surface area contributed by atoms with E-state index in [9.17, 15) is 0 Å². The molecule has 0 heterocycles. The highest BCUT2D eigenvalue weighted by molar-refractivity contribution is 5.51. The zero-order chi connectivity index (χ0) is 12.0. The number of nitrogens with one attached hydrogen (secondary N) is 1. The lowest BCUT2D eigenvalue weighted by molar-refractivity contribution is 0.185. The van der Waals surface area contributed by atoms with Crippen molar-refractivity contribution < 1.29 is 4.74 Å². The molecule has 0 aromatic heterocycles. The maximum absolute atomic E-state index is 5.20. The number of hydrogen-bond donors (Lipinski definition) is 1. The standard InChI is InChI=1S/C14H23NO/c1-5-11(2)12(3)15-14-9-7-6-8-13(14)10-16-4/h6-9,11-12,15H,5,10H2,1-4H3. The van der Waals surface area contributed by atoms with Gasteiger partial charge in [0.05, 0.1) is 6.61 Å². The molecular formula is C14H23NO. The van der Waals surface area contributed by atoms with Gasteiger partial charge in [0.15, 0.2) is 0 Å². The summed E-state index contributed by atoms with van der Waals surface area (Å²) >= 11 is 0. The number of hydrogen-bond acceptors (Lipinski definition) is 2. The first-order valence-electron chi connectivity index (χ1n) is 6.02. The molecule has 1 aromatic rings. The van der Waals surface area contributed by atoms with Crippen molar-refractivity contribution in [2.45, 2.75) is 39.8 Å². The fourth-order valence-corrected chi connectivity index (χ4v) is 1.68. The van der Waals surface area contributed by atoms with Crippen molar-refractivity contribution in [1.29, 1.82) is 0 Å². The molecule has 2 heteroatoms. The van der Waals surface area contributed by atoms with E-state index in [1.807, 2.05) is 6.07 Å². The molecule has 0 saturated heterocycles. The second-order valence-corrected chi connectivity index (χ2v) is 4.41. The summed E-state index contributed by atoms with van der Waals surface area (Å²) in [5.74, 6) is 0.676. The summed E-state index contributed by atoms with van der Waals surface area (Å²) < 4.78 is 5.20. The van der Waals surface area contributed by atoms with Gasteiger partial charge in [-0.15, -0.1) is 0 Å². The predicted octanol–water partition coefficient (Wildman–Crippen LogP) is 3.68. The lowest BCUT2D eigenvalue weighted by Crippen LogP contribution is -2.23. The summed E-state index contributed by atoms with van der Waals surface area (Å²) in [5.41, 5.74) is 2.41. The van der Waals surface area contributed by atoms with E-state index >= 15 is 0 Å². The zero-order valence-corrected chi connectivity index (χ0v) is 10.8. The van der Waals surface area contributed by atoms with Gasteiger partial charge >= 0.3 is 0 Å². The lowest BCUT2D eigenvalue weighted by Gasteiger charge is -2.22. The maximum atomic E-state index is 5.20. The third-order valence-corrected chi connectivity index (χ3v) is 3.20. The van der Waals surface area contributed by atoms with Crippen molar-refractivity contribution >= 4 is 5.69 Å². The minimum Gasteiger partial charge on any atom is -0.382 e. The quantitative estimate of drug-likeness (QED) is 0.791. The molecule has 0 aliphatic rings. The fourth-order valence-electron chi connectivity index (χ4n) is 1.68. The zero-order valence-electron chi connectivity index (χ0n) is 10.8. The van der Waals surface area contributed by atoms with E-state index in [0.29, 0.717) is 18.6 Å². The first kappa shape index (κ1) is 13.0. The molecule has 0 amide bonds. The second kappa shape index (κ2) is 6.54. The first-order chi connectivity index (χ1) is 7.69. The summed E-state index contributed by atoms with van der Waals surface area (Å²) in [5, 5.41) is 3.57. The molecule has 90 valence electrons. The molecule has 0 aliphatic carbocycles. The molecule has 2 atom stereocenters. The van der Waals surface area contributed by atoms with Crippen LogP contribution in [0.2, 0.25) is 0 Å². The summed E-state index contributed by atoms with van der Waals surface area (Å²) in [6.45, 7) is 7.40. The van der Waals surface area contributed by atoms with Gasteiger partial charge in [-0.1, -0.05) is 38.5 Å². The number of anilines is 1. The Balaban J connectivity index is 2.71. The van der Waals surface area contributed by atoms with Crippen molar-refractivity contribution in [1.82, 2.24) is 0 Å². The second-order valence-electron chi connectivity index (χ2n) is 4.41. The number of para-hydroxylation sites is 1. The average molecular weight is 221 g/mol. The minimum absolute atomic E-state index is 0.489. The Hall–Kier alpha value is -1.02. The van der Waals surface area contributed by atoms with Crippen LogP contribution in [0, 0.1) is 5.92 Å². The Kier molecular flexibility index (Phi) is 5.33. The van der Waals surface area contributed by atoms with Crippen molar-refractivity contribution in [2.24, 2.45) is 5.92 Å². The van der Waals surface area contributed by atoms with E-state index in [4.69, 9.17) is 4.74 Å². The summed E-state index contributed by atoms with van der Waals surface area (Å²) in [6.07, 6.45) is 1.20. The van der Waals surface area contributed by atoms with Gasteiger partial charge in [-0.2, -0.15) is 0 Å². The Morgan fingerprint density at radius 1 is 1.25 bits per heavy atom. The third-order valence-electron chi connectivity index (χ3n) is 3.20. The van der Waals surface area contributed by atoms with Crippen LogP contribution in [0.25, 0.3) is 0 Å². The highest BCUT2D eigenvalue weighted by Crippen LogP contribution is 2.19. The highest BCUT2D eigenvalue weighted by atomic mass is 16.5. The molecule has 1 rings (SSSR count). The van der Waals surface area contributed by atoms with Gasteiger partial charge in [0.2, 0.25) is 0 Å². The van der Waals surface area contributed by atoms with E-state index in [2.05, 4.69) is 44.3 Å². The smallest absolute Gasteiger partial charge is 0.0733 e. The van der Waals surface area contributed by atoms with Crippen LogP contribution in [-0.4, -0.2) is 13.2 Å². The molecule has 2 unspecified atom stereocenters. The summed E-state index contributed by atoms with van der Waals surface area (Å²) in [6, 6.07) is 8.82. The van der Waals surface area contributed by atoms with Crippen LogP contribution < -0.4 is 5.32 Å². The Morgan fingerprint density at radius 2 is 1.94 bits per heavy atom. The largest absolute Gasteiger partial charge is 0.382 e. The van der Waals surface area contributed by atoms with Crippen molar-refractivity contribution in [3.05, 3.63) is 29.8 Å². The van der Waals surface area contributed by atoms with Crippen LogP contribution in [0.5, 0.6) is 0 Å². The number of benzene rings is 1. The lowest BCUT2D eigenvalue weighted by atomic mass is 10.00. The van der Waals surface area contributed by atoms with Gasteiger partial charge in [-0.05, 0) is 18.9 Å². The molecule has 0 aliphatic heterocycles. The van der Waals surface area contributed by atoms with Crippen LogP contribution in [-0.2, 0) is 11.3 Å². The topological polar surface area (TPSA) is 21.3 Å². The van der Waals surface area contributed by atoms with Gasteiger partial charge in [0, 0.05) is 24.4 Å². The van der Waals surface area contributed by atoms with Crippen molar-refractivity contribution in [3.8, 4) is 0 Å². The summed E-state index contributed by atoms with van der Waals surface area (Å²) in [4.78, 5) is 0. The minimum atomic E-state index is 0.489. The van der Waals surface area contributed by atoms with Crippen LogP contribution >= 0.6 is 0 Å². The number of ether oxygens (including phenoxy) is 1. The monoisotopic (exact) mass is 221 g/mol. The van der Waals surface area contributed by atoms with E-state index < -0.39 is 0 Å². The third kappa shape index (κ3) is 3.53. The SMILES string of the molecule is CCC(C)C(C)Nc1ccccc1COC. The molecular weight excluding hydrogens is 198 g/mol. The molecule has 2 nitrogen and oxygen atoms in total. The van der Waals surface area contributed by atoms with Crippen LogP contribution in [0.4, 0.5) is 5.69 Å². The van der Waals surface area contributed by atoms with E-state index in [1.165, 1.54) is 17.7 Å². The number of rotatable bonds is 6. The van der Waals surface area contributed by atoms with Crippen molar-refractivity contribution in [2.75, 3.05) is 12.4 Å². The molecule has 1 aromatic carbocycles. The molecule has 0 saturated carbocycles. The van der Waals surface area contributed by atoms with Crippen LogP contribution in [0.15, 0.2) is 24.3 Å². The van der Waals surface area contributed by atoms with Gasteiger partial charge in [-0.3, -0.25) is 0 Å². The Morgan fingerprint density at radius 3 is 2.56 bits per heavy atom. The van der Waals surface area contributed by atoms with Gasteiger partial charge in [0.25, 0.3) is 0 Å². The van der Waals surface area contributed by atoms with E-state index in [0.717, 1.165) is 0 Å². The molecule has 0 radical (unpaired) electrons. The first-order valence-corrected chi connectivity index (χ1v) is 6.02. The molecule has 1 N–H and O–H groups in total. The maximum Gasteiger partial charge on any atom is 0.0733 e. The number of methoxy groups -OCH3 is 1.